The van der Waals surface area contributed by atoms with E-state index in [2.05, 4.69) is 10.3 Å². The zero-order valence-corrected chi connectivity index (χ0v) is 8.25. The molecule has 0 saturated carbocycles. The second kappa shape index (κ2) is 4.00. The summed E-state index contributed by atoms with van der Waals surface area (Å²) < 4.78 is 38.3. The molecule has 1 rings (SSSR count). The van der Waals surface area contributed by atoms with Crippen LogP contribution in [0, 0.1) is 5.92 Å². The second-order valence-corrected chi connectivity index (χ2v) is 3.51. The molecule has 0 bridgehead atoms. The van der Waals surface area contributed by atoms with Crippen LogP contribution in [0.25, 0.3) is 0 Å². The van der Waals surface area contributed by atoms with Gasteiger partial charge in [-0.15, -0.1) is 5.10 Å². The Balaban J connectivity index is 3.17. The van der Waals surface area contributed by atoms with Crippen LogP contribution < -0.4 is 0 Å². The molecule has 7 heteroatoms. The highest BCUT2D eigenvalue weighted by atomic mass is 19.4. The molecular weight excluding hydrogens is 211 g/mol. The van der Waals surface area contributed by atoms with E-state index in [9.17, 15) is 18.0 Å². The first-order valence-electron chi connectivity index (χ1n) is 4.32. The summed E-state index contributed by atoms with van der Waals surface area (Å²) in [5, 5.41) is 6.49. The van der Waals surface area contributed by atoms with Gasteiger partial charge >= 0.3 is 6.18 Å². The van der Waals surface area contributed by atoms with Crippen LogP contribution in [-0.4, -0.2) is 21.3 Å². The zero-order valence-electron chi connectivity index (χ0n) is 8.25. The number of hydrogen-bond donors (Lipinski definition) is 0. The smallest absolute Gasteiger partial charge is 0.296 e. The van der Waals surface area contributed by atoms with Crippen LogP contribution in [0.15, 0.2) is 0 Å². The van der Waals surface area contributed by atoms with Crippen molar-refractivity contribution in [1.29, 1.82) is 0 Å². The Morgan fingerprint density at radius 2 is 2.07 bits per heavy atom. The van der Waals surface area contributed by atoms with Crippen molar-refractivity contribution in [2.45, 2.75) is 26.6 Å². The van der Waals surface area contributed by atoms with Crippen LogP contribution in [0.1, 0.15) is 30.0 Å². The number of carbonyl (C=O) groups is 1. The lowest BCUT2D eigenvalue weighted by Gasteiger charge is -2.11. The number of nitrogens with zero attached hydrogens (tertiary/aromatic N) is 3. The summed E-state index contributed by atoms with van der Waals surface area (Å²) in [5.41, 5.74) is -1.74. The second-order valence-electron chi connectivity index (χ2n) is 3.51. The quantitative estimate of drug-likeness (QED) is 0.731. The molecule has 0 atom stereocenters. The molecule has 0 aliphatic rings. The Kier molecular flexibility index (Phi) is 3.11. The average molecular weight is 221 g/mol. The van der Waals surface area contributed by atoms with Gasteiger partial charge in [-0.2, -0.15) is 13.2 Å². The van der Waals surface area contributed by atoms with Crippen molar-refractivity contribution in [2.75, 3.05) is 0 Å². The molecule has 0 N–H and O–H groups in total. The molecule has 0 aromatic carbocycles. The van der Waals surface area contributed by atoms with E-state index >= 15 is 0 Å². The first-order chi connectivity index (χ1) is 6.86. The number of rotatable bonds is 3. The van der Waals surface area contributed by atoms with Crippen LogP contribution in [-0.2, 0) is 12.7 Å². The first kappa shape index (κ1) is 11.7. The van der Waals surface area contributed by atoms with Crippen molar-refractivity contribution in [3.8, 4) is 0 Å². The molecule has 1 aromatic heterocycles. The summed E-state index contributed by atoms with van der Waals surface area (Å²) in [6.45, 7) is 3.58. The molecule has 15 heavy (non-hydrogen) atoms. The normalized spacial score (nSPS) is 12.1. The molecule has 0 saturated heterocycles. The molecule has 1 aromatic rings. The number of carbonyl (C=O) groups excluding carboxylic acids is 1. The summed E-state index contributed by atoms with van der Waals surface area (Å²) in [7, 11) is 0. The van der Waals surface area contributed by atoms with Gasteiger partial charge < -0.3 is 0 Å². The van der Waals surface area contributed by atoms with Gasteiger partial charge in [0, 0.05) is 6.54 Å². The molecule has 1 heterocycles. The monoisotopic (exact) mass is 221 g/mol. The van der Waals surface area contributed by atoms with Crippen molar-refractivity contribution in [3.05, 3.63) is 11.4 Å². The van der Waals surface area contributed by atoms with Crippen LogP contribution in [0.2, 0.25) is 0 Å². The minimum Gasteiger partial charge on any atom is -0.296 e. The molecule has 0 spiro atoms. The lowest BCUT2D eigenvalue weighted by atomic mass is 10.2. The molecule has 4 nitrogen and oxygen atoms in total. The molecule has 0 fully saturated rings. The third kappa shape index (κ3) is 2.54. The Morgan fingerprint density at radius 1 is 1.47 bits per heavy atom. The highest BCUT2D eigenvalue weighted by Gasteiger charge is 2.39. The van der Waals surface area contributed by atoms with E-state index in [-0.39, 0.29) is 18.7 Å². The lowest BCUT2D eigenvalue weighted by molar-refractivity contribution is -0.144. The van der Waals surface area contributed by atoms with E-state index in [0.717, 1.165) is 0 Å². The molecule has 0 aliphatic carbocycles. The van der Waals surface area contributed by atoms with Crippen molar-refractivity contribution < 1.29 is 18.0 Å². The van der Waals surface area contributed by atoms with Crippen molar-refractivity contribution in [2.24, 2.45) is 5.92 Å². The molecule has 0 radical (unpaired) electrons. The molecule has 0 unspecified atom stereocenters. The standard InChI is InChI=1S/C8H10F3N3O/c1-5(2)3-14-7(8(9,10)11)6(4-15)12-13-14/h4-5H,3H2,1-2H3. The van der Waals surface area contributed by atoms with Crippen LogP contribution >= 0.6 is 0 Å². The van der Waals surface area contributed by atoms with E-state index in [0.29, 0.717) is 4.68 Å². The van der Waals surface area contributed by atoms with Gasteiger partial charge in [0.2, 0.25) is 0 Å². The maximum absolute atomic E-state index is 12.5. The first-order valence-corrected chi connectivity index (χ1v) is 4.32. The minimum absolute atomic E-state index is 0.00713. The summed E-state index contributed by atoms with van der Waals surface area (Å²) in [4.78, 5) is 10.4. The predicted molar refractivity (Wildman–Crippen MR) is 45.2 cm³/mol. The third-order valence-corrected chi connectivity index (χ3v) is 1.68. The van der Waals surface area contributed by atoms with Crippen LogP contribution in [0.3, 0.4) is 0 Å². The topological polar surface area (TPSA) is 47.8 Å². The molecule has 84 valence electrons. The van der Waals surface area contributed by atoms with Gasteiger partial charge in [0.05, 0.1) is 0 Å². The summed E-state index contributed by atoms with van der Waals surface area (Å²) in [5.74, 6) is -0.00713. The Morgan fingerprint density at radius 3 is 2.47 bits per heavy atom. The van der Waals surface area contributed by atoms with Gasteiger partial charge in [-0.05, 0) is 5.92 Å². The maximum Gasteiger partial charge on any atom is 0.435 e. The van der Waals surface area contributed by atoms with Gasteiger partial charge in [0.15, 0.2) is 17.7 Å². The number of aldehydes is 1. The van der Waals surface area contributed by atoms with E-state index in [1.54, 1.807) is 13.8 Å². The summed E-state index contributed by atoms with van der Waals surface area (Å²) in [6.07, 6.45) is -4.54. The number of hydrogen-bond acceptors (Lipinski definition) is 3. The van der Waals surface area contributed by atoms with E-state index in [1.165, 1.54) is 0 Å². The number of aromatic nitrogens is 3. The van der Waals surface area contributed by atoms with Gasteiger partial charge in [0.1, 0.15) is 0 Å². The third-order valence-electron chi connectivity index (χ3n) is 1.68. The fourth-order valence-electron chi connectivity index (χ4n) is 1.17. The van der Waals surface area contributed by atoms with Crippen molar-refractivity contribution in [1.82, 2.24) is 15.0 Å². The summed E-state index contributed by atoms with van der Waals surface area (Å²) in [6, 6.07) is 0. The van der Waals surface area contributed by atoms with Gasteiger partial charge in [-0.1, -0.05) is 19.1 Å². The Bertz CT molecular complexity index is 357. The fraction of sp³-hybridized carbons (Fsp3) is 0.625. The van der Waals surface area contributed by atoms with Crippen LogP contribution in [0.5, 0.6) is 0 Å². The van der Waals surface area contributed by atoms with Gasteiger partial charge in [-0.25, -0.2) is 4.68 Å². The largest absolute Gasteiger partial charge is 0.435 e. The van der Waals surface area contributed by atoms with Gasteiger partial charge in [0.25, 0.3) is 0 Å². The number of alkyl halides is 3. The Labute approximate surface area is 84.1 Å². The molecule has 0 amide bonds. The maximum atomic E-state index is 12.5. The highest BCUT2D eigenvalue weighted by molar-refractivity contribution is 5.73. The zero-order chi connectivity index (χ0) is 11.6. The van der Waals surface area contributed by atoms with E-state index in [1.807, 2.05) is 0 Å². The average Bonchev–Trinajstić information content (AvgIpc) is 2.45. The van der Waals surface area contributed by atoms with Gasteiger partial charge in [-0.3, -0.25) is 4.79 Å². The molecule has 0 aliphatic heterocycles. The van der Waals surface area contributed by atoms with Crippen molar-refractivity contribution in [3.63, 3.8) is 0 Å². The highest BCUT2D eigenvalue weighted by Crippen LogP contribution is 2.30. The SMILES string of the molecule is CC(C)Cn1nnc(C=O)c1C(F)(F)F. The molecular formula is C8H10F3N3O. The van der Waals surface area contributed by atoms with E-state index in [4.69, 9.17) is 0 Å². The Hall–Kier alpha value is -1.40. The fourth-order valence-corrected chi connectivity index (χ4v) is 1.17. The lowest BCUT2D eigenvalue weighted by Crippen LogP contribution is -2.18. The van der Waals surface area contributed by atoms with E-state index < -0.39 is 17.6 Å². The number of halogens is 3. The predicted octanol–water partition coefficient (Wildman–Crippen LogP) is 1.77. The minimum atomic E-state index is -4.60. The van der Waals surface area contributed by atoms with Crippen LogP contribution in [0.4, 0.5) is 13.2 Å². The van der Waals surface area contributed by atoms with Crippen molar-refractivity contribution >= 4 is 6.29 Å². The summed E-state index contributed by atoms with van der Waals surface area (Å²) >= 11 is 0.